The fourth-order valence-corrected chi connectivity index (χ4v) is 9.43. The van der Waals surface area contributed by atoms with Gasteiger partial charge in [0.15, 0.2) is 0 Å². The molecule has 0 aliphatic heterocycles. The molecule has 0 N–H and O–H groups in total. The molecule has 0 bridgehead atoms. The Balaban J connectivity index is 1.45. The number of fused-ring (bicyclic) bond motifs is 4. The molecule has 0 nitrogen and oxygen atoms in total. The summed E-state index contributed by atoms with van der Waals surface area (Å²) in [5.74, 6) is 1.29. The van der Waals surface area contributed by atoms with Gasteiger partial charge < -0.3 is 0 Å². The van der Waals surface area contributed by atoms with Crippen molar-refractivity contribution in [1.29, 1.82) is 0 Å². The van der Waals surface area contributed by atoms with Gasteiger partial charge in [-0.3, -0.25) is 0 Å². The van der Waals surface area contributed by atoms with Crippen LogP contribution in [0.5, 0.6) is 0 Å². The molecule has 0 spiro atoms. The van der Waals surface area contributed by atoms with Gasteiger partial charge in [0.1, 0.15) is 0 Å². The number of allylic oxidation sites excluding steroid dienone is 1. The van der Waals surface area contributed by atoms with Gasteiger partial charge in [0.05, 0.1) is 0 Å². The molecular formula is C40H50. The summed E-state index contributed by atoms with van der Waals surface area (Å²) in [6.07, 6.45) is 19.9. The van der Waals surface area contributed by atoms with Gasteiger partial charge in [-0.05, 0) is 102 Å². The lowest BCUT2D eigenvalue weighted by Gasteiger charge is -2.51. The van der Waals surface area contributed by atoms with Gasteiger partial charge in [0, 0.05) is 16.7 Å². The zero-order valence-electron chi connectivity index (χ0n) is 25.6. The van der Waals surface area contributed by atoms with E-state index in [9.17, 15) is 0 Å². The molecule has 0 fully saturated rings. The lowest BCUT2D eigenvalue weighted by Crippen LogP contribution is -2.43. The Morgan fingerprint density at radius 3 is 1.82 bits per heavy atom. The maximum absolute atomic E-state index is 2.79. The van der Waals surface area contributed by atoms with Crippen LogP contribution < -0.4 is 0 Å². The summed E-state index contributed by atoms with van der Waals surface area (Å²) in [5, 5.41) is 0. The first kappa shape index (κ1) is 27.6. The second kappa shape index (κ2) is 11.3. The van der Waals surface area contributed by atoms with Crippen LogP contribution in [0.2, 0.25) is 0 Å². The predicted octanol–water partition coefficient (Wildman–Crippen LogP) is 11.4. The molecule has 3 aromatic rings. The standard InChI is InChI=1S/C40H50/c1-5-23-39(24-6-2)35-15-11-12-16-36(35)40(25-7-3,26-8-4)38-28-34-31(21-22-32(34)27-37(38)39)20-19-30-18-17-29-13-9-10-14-33(29)30/h9-18,27-28,30-31H,5-8,19-26H2,1-4H3. The highest BCUT2D eigenvalue weighted by molar-refractivity contribution is 5.64. The van der Waals surface area contributed by atoms with Crippen LogP contribution in [0.25, 0.3) is 6.08 Å². The first-order valence-corrected chi connectivity index (χ1v) is 16.7. The van der Waals surface area contributed by atoms with Gasteiger partial charge in [0.2, 0.25) is 0 Å². The zero-order valence-corrected chi connectivity index (χ0v) is 25.6. The van der Waals surface area contributed by atoms with Crippen LogP contribution in [-0.2, 0) is 17.3 Å². The monoisotopic (exact) mass is 530 g/mol. The molecular weight excluding hydrogens is 480 g/mol. The van der Waals surface area contributed by atoms with Crippen molar-refractivity contribution in [1.82, 2.24) is 0 Å². The number of aryl methyl sites for hydroxylation is 1. The quantitative estimate of drug-likeness (QED) is 0.231. The summed E-state index contributed by atoms with van der Waals surface area (Å²) in [7, 11) is 0. The number of rotatable bonds is 11. The normalized spacial score (nSPS) is 21.1. The minimum Gasteiger partial charge on any atom is -0.0764 e. The fraction of sp³-hybridized carbons (Fsp3) is 0.500. The van der Waals surface area contributed by atoms with Crippen molar-refractivity contribution in [2.24, 2.45) is 0 Å². The second-order valence-electron chi connectivity index (χ2n) is 13.2. The summed E-state index contributed by atoms with van der Waals surface area (Å²) < 4.78 is 0. The topological polar surface area (TPSA) is 0 Å². The molecule has 0 heterocycles. The molecule has 0 saturated heterocycles. The van der Waals surface area contributed by atoms with E-state index in [2.05, 4.69) is 101 Å². The summed E-state index contributed by atoms with van der Waals surface area (Å²) in [5.41, 5.74) is 13.4. The number of benzene rings is 3. The average molecular weight is 531 g/mol. The second-order valence-corrected chi connectivity index (χ2v) is 13.2. The lowest BCUT2D eigenvalue weighted by atomic mass is 9.52. The van der Waals surface area contributed by atoms with Crippen LogP contribution in [0.3, 0.4) is 0 Å². The highest BCUT2D eigenvalue weighted by Gasteiger charge is 2.49. The van der Waals surface area contributed by atoms with Crippen molar-refractivity contribution < 1.29 is 0 Å². The highest BCUT2D eigenvalue weighted by Crippen LogP contribution is 2.58. The number of hydrogen-bond donors (Lipinski definition) is 0. The average Bonchev–Trinajstić information content (AvgIpc) is 3.58. The Kier molecular flexibility index (Phi) is 7.82. The van der Waals surface area contributed by atoms with E-state index in [-0.39, 0.29) is 10.8 Å². The van der Waals surface area contributed by atoms with E-state index in [1.165, 1.54) is 88.2 Å². The van der Waals surface area contributed by atoms with Crippen molar-refractivity contribution in [3.63, 3.8) is 0 Å². The van der Waals surface area contributed by atoms with Gasteiger partial charge in [-0.1, -0.05) is 126 Å². The van der Waals surface area contributed by atoms with Crippen LogP contribution in [0.1, 0.15) is 155 Å². The third-order valence-corrected chi connectivity index (χ3v) is 10.9. The molecule has 3 aliphatic rings. The van der Waals surface area contributed by atoms with Gasteiger partial charge >= 0.3 is 0 Å². The Morgan fingerprint density at radius 2 is 1.20 bits per heavy atom. The molecule has 40 heavy (non-hydrogen) atoms. The highest BCUT2D eigenvalue weighted by atomic mass is 14.5. The Labute approximate surface area is 244 Å². The van der Waals surface area contributed by atoms with E-state index in [0.29, 0.717) is 11.8 Å². The van der Waals surface area contributed by atoms with Crippen molar-refractivity contribution >= 4 is 6.08 Å². The first-order valence-electron chi connectivity index (χ1n) is 16.7. The van der Waals surface area contributed by atoms with E-state index in [1.807, 2.05) is 0 Å². The fourth-order valence-electron chi connectivity index (χ4n) is 9.43. The van der Waals surface area contributed by atoms with Crippen molar-refractivity contribution in [2.75, 3.05) is 0 Å². The van der Waals surface area contributed by atoms with Gasteiger partial charge in [-0.15, -0.1) is 0 Å². The Morgan fingerprint density at radius 1 is 0.625 bits per heavy atom. The SMILES string of the molecule is CCCC1(CCC)c2ccccc2C(CCC)(CCC)c2cc3c(cc21)CCC3CCC1C=Cc2ccccc21. The maximum Gasteiger partial charge on any atom is 0.0208 e. The molecule has 0 heteroatoms. The summed E-state index contributed by atoms with van der Waals surface area (Å²) in [6, 6.07) is 24.3. The predicted molar refractivity (Wildman–Crippen MR) is 173 cm³/mol. The summed E-state index contributed by atoms with van der Waals surface area (Å²) in [4.78, 5) is 0. The summed E-state index contributed by atoms with van der Waals surface area (Å²) >= 11 is 0. The van der Waals surface area contributed by atoms with Gasteiger partial charge in [0.25, 0.3) is 0 Å². The van der Waals surface area contributed by atoms with E-state index in [1.54, 1.807) is 33.4 Å². The first-order chi connectivity index (χ1) is 19.6. The van der Waals surface area contributed by atoms with Gasteiger partial charge in [-0.25, -0.2) is 0 Å². The van der Waals surface area contributed by atoms with Crippen LogP contribution in [0, 0.1) is 0 Å². The van der Waals surface area contributed by atoms with E-state index in [4.69, 9.17) is 0 Å². The smallest absolute Gasteiger partial charge is 0.0208 e. The molecule has 0 radical (unpaired) electrons. The molecule has 0 amide bonds. The van der Waals surface area contributed by atoms with Crippen molar-refractivity contribution in [3.05, 3.63) is 111 Å². The molecule has 3 aromatic carbocycles. The van der Waals surface area contributed by atoms with Crippen molar-refractivity contribution in [3.8, 4) is 0 Å². The molecule has 0 aromatic heterocycles. The largest absolute Gasteiger partial charge is 0.0764 e. The third kappa shape index (κ3) is 4.33. The molecule has 3 aliphatic carbocycles. The molecule has 210 valence electrons. The van der Waals surface area contributed by atoms with E-state index in [0.717, 1.165) is 0 Å². The zero-order chi connectivity index (χ0) is 27.7. The minimum atomic E-state index is 0.149. The number of hydrogen-bond acceptors (Lipinski definition) is 0. The third-order valence-electron chi connectivity index (χ3n) is 10.9. The van der Waals surface area contributed by atoms with Crippen LogP contribution in [0.4, 0.5) is 0 Å². The summed E-state index contributed by atoms with van der Waals surface area (Å²) in [6.45, 7) is 9.61. The molecule has 0 saturated carbocycles. The van der Waals surface area contributed by atoms with Crippen LogP contribution in [-0.4, -0.2) is 0 Å². The molecule has 6 rings (SSSR count). The van der Waals surface area contributed by atoms with Crippen LogP contribution in [0.15, 0.2) is 66.7 Å². The molecule has 2 unspecified atom stereocenters. The van der Waals surface area contributed by atoms with Crippen molar-refractivity contribution in [2.45, 2.75) is 127 Å². The van der Waals surface area contributed by atoms with E-state index >= 15 is 0 Å². The molecule has 2 atom stereocenters. The van der Waals surface area contributed by atoms with E-state index < -0.39 is 0 Å². The maximum atomic E-state index is 2.79. The van der Waals surface area contributed by atoms with Gasteiger partial charge in [-0.2, -0.15) is 0 Å². The Bertz CT molecular complexity index is 1360. The lowest BCUT2D eigenvalue weighted by molar-refractivity contribution is 0.347. The van der Waals surface area contributed by atoms with Crippen LogP contribution >= 0.6 is 0 Å². The Hall–Kier alpha value is -2.60. The minimum absolute atomic E-state index is 0.149.